The average molecular weight is 382 g/mol. The highest BCUT2D eigenvalue weighted by molar-refractivity contribution is 7.89. The highest BCUT2D eigenvalue weighted by atomic mass is 32.2. The van der Waals surface area contributed by atoms with Gasteiger partial charge in [0.25, 0.3) is 0 Å². The van der Waals surface area contributed by atoms with Crippen LogP contribution in [0.1, 0.15) is 13.3 Å². The van der Waals surface area contributed by atoms with E-state index in [0.717, 1.165) is 13.0 Å². The van der Waals surface area contributed by atoms with Gasteiger partial charge in [-0.3, -0.25) is 4.79 Å². The second kappa shape index (κ2) is 8.34. The van der Waals surface area contributed by atoms with E-state index in [2.05, 4.69) is 16.0 Å². The summed E-state index contributed by atoms with van der Waals surface area (Å²) in [5.41, 5.74) is 1.21. The molecule has 144 valence electrons. The van der Waals surface area contributed by atoms with Gasteiger partial charge in [-0.1, -0.05) is 0 Å². The van der Waals surface area contributed by atoms with Crippen LogP contribution in [0.4, 0.5) is 11.4 Å². The molecule has 3 N–H and O–H groups in total. The first kappa shape index (κ1) is 19.1. The third-order valence-corrected chi connectivity index (χ3v) is 6.55. The predicted molar refractivity (Wildman–Crippen MR) is 99.8 cm³/mol. The molecule has 0 bridgehead atoms. The van der Waals surface area contributed by atoms with Crippen molar-refractivity contribution in [3.63, 3.8) is 0 Å². The summed E-state index contributed by atoms with van der Waals surface area (Å²) in [7, 11) is -3.61. The molecule has 26 heavy (non-hydrogen) atoms. The number of sulfonamides is 1. The van der Waals surface area contributed by atoms with Crippen molar-refractivity contribution in [2.75, 3.05) is 56.6 Å². The normalized spacial score (nSPS) is 21.5. The lowest BCUT2D eigenvalue weighted by atomic mass is 10.1. The number of carbonyl (C=O) groups excluding carboxylic acids is 1. The average Bonchev–Trinajstić information content (AvgIpc) is 3.19. The van der Waals surface area contributed by atoms with Crippen molar-refractivity contribution in [1.29, 1.82) is 0 Å². The molecule has 0 aliphatic carbocycles. The summed E-state index contributed by atoms with van der Waals surface area (Å²) >= 11 is 0. The van der Waals surface area contributed by atoms with Crippen LogP contribution in [0.25, 0.3) is 0 Å². The van der Waals surface area contributed by atoms with Crippen LogP contribution in [0.5, 0.6) is 0 Å². The minimum Gasteiger partial charge on any atom is -0.384 e. The lowest BCUT2D eigenvalue weighted by molar-refractivity contribution is -0.119. The number of rotatable bonds is 6. The van der Waals surface area contributed by atoms with Crippen LogP contribution >= 0.6 is 0 Å². The van der Waals surface area contributed by atoms with Gasteiger partial charge in [0.05, 0.1) is 35.4 Å². The van der Waals surface area contributed by atoms with Crippen LogP contribution in [0.2, 0.25) is 0 Å². The molecule has 0 spiro atoms. The molecule has 2 aliphatic rings. The van der Waals surface area contributed by atoms with Crippen LogP contribution in [-0.4, -0.2) is 64.6 Å². The molecule has 1 atom stereocenters. The Morgan fingerprint density at radius 2 is 2.08 bits per heavy atom. The number of hydrogen-bond acceptors (Lipinski definition) is 6. The summed E-state index contributed by atoms with van der Waals surface area (Å²) in [6.07, 6.45) is 0.786. The van der Waals surface area contributed by atoms with Gasteiger partial charge >= 0.3 is 0 Å². The molecule has 0 radical (unpaired) electrons. The van der Waals surface area contributed by atoms with E-state index >= 15 is 0 Å². The van der Waals surface area contributed by atoms with Gasteiger partial charge in [0.15, 0.2) is 0 Å². The van der Waals surface area contributed by atoms with Crippen molar-refractivity contribution in [2.45, 2.75) is 18.2 Å². The van der Waals surface area contributed by atoms with E-state index in [-0.39, 0.29) is 16.7 Å². The molecule has 1 aromatic rings. The van der Waals surface area contributed by atoms with Crippen molar-refractivity contribution in [3.05, 3.63) is 18.2 Å². The monoisotopic (exact) mass is 382 g/mol. The van der Waals surface area contributed by atoms with Crippen LogP contribution < -0.4 is 16.0 Å². The Bertz CT molecular complexity index is 741. The molecular weight excluding hydrogens is 356 g/mol. The SMILES string of the molecule is CCNc1ccc(S(=O)(=O)N2CCOCC2)cc1NC(=O)C1CCNC1. The molecule has 1 aromatic carbocycles. The Morgan fingerprint density at radius 3 is 2.73 bits per heavy atom. The molecule has 8 nitrogen and oxygen atoms in total. The highest BCUT2D eigenvalue weighted by Gasteiger charge is 2.28. The van der Waals surface area contributed by atoms with Crippen molar-refractivity contribution in [1.82, 2.24) is 9.62 Å². The van der Waals surface area contributed by atoms with Crippen molar-refractivity contribution in [2.24, 2.45) is 5.92 Å². The maximum absolute atomic E-state index is 12.9. The van der Waals surface area contributed by atoms with E-state index in [1.54, 1.807) is 18.2 Å². The van der Waals surface area contributed by atoms with Gasteiger partial charge in [-0.25, -0.2) is 8.42 Å². The summed E-state index contributed by atoms with van der Waals surface area (Å²) in [5, 5.41) is 9.24. The van der Waals surface area contributed by atoms with E-state index in [9.17, 15) is 13.2 Å². The van der Waals surface area contributed by atoms with Gasteiger partial charge in [0.1, 0.15) is 0 Å². The van der Waals surface area contributed by atoms with Gasteiger partial charge < -0.3 is 20.7 Å². The Kier molecular flexibility index (Phi) is 6.13. The van der Waals surface area contributed by atoms with E-state index in [1.165, 1.54) is 4.31 Å². The molecule has 1 unspecified atom stereocenters. The van der Waals surface area contributed by atoms with Gasteiger partial charge in [-0.15, -0.1) is 0 Å². The fourth-order valence-corrected chi connectivity index (χ4v) is 4.62. The fourth-order valence-electron chi connectivity index (χ4n) is 3.18. The van der Waals surface area contributed by atoms with Crippen molar-refractivity contribution in [3.8, 4) is 0 Å². The molecule has 0 aromatic heterocycles. The second-order valence-electron chi connectivity index (χ2n) is 6.43. The molecule has 9 heteroatoms. The van der Waals surface area contributed by atoms with Crippen LogP contribution in [-0.2, 0) is 19.6 Å². The Morgan fingerprint density at radius 1 is 1.31 bits per heavy atom. The minimum atomic E-state index is -3.61. The topological polar surface area (TPSA) is 99.8 Å². The highest BCUT2D eigenvalue weighted by Crippen LogP contribution is 2.28. The summed E-state index contributed by atoms with van der Waals surface area (Å²) in [6.45, 7) is 5.56. The first-order valence-corrected chi connectivity index (χ1v) is 10.4. The first-order chi connectivity index (χ1) is 12.5. The second-order valence-corrected chi connectivity index (χ2v) is 8.37. The number of amides is 1. The lowest BCUT2D eigenvalue weighted by Crippen LogP contribution is -2.40. The number of anilines is 2. The molecule has 0 saturated carbocycles. The van der Waals surface area contributed by atoms with E-state index in [1.807, 2.05) is 6.92 Å². The van der Waals surface area contributed by atoms with E-state index < -0.39 is 10.0 Å². The summed E-state index contributed by atoms with van der Waals surface area (Å²) in [4.78, 5) is 12.7. The zero-order valence-corrected chi connectivity index (χ0v) is 15.8. The number of hydrogen-bond donors (Lipinski definition) is 3. The van der Waals surface area contributed by atoms with Gasteiger partial charge in [-0.2, -0.15) is 4.31 Å². The Balaban J connectivity index is 1.86. The third kappa shape index (κ3) is 4.17. The molecule has 2 aliphatic heterocycles. The standard InChI is InChI=1S/C17H26N4O4S/c1-2-19-15-4-3-14(26(23,24)21-7-9-25-10-8-21)11-16(15)20-17(22)13-5-6-18-12-13/h3-4,11,13,18-19H,2,5-10,12H2,1H3,(H,20,22). The first-order valence-electron chi connectivity index (χ1n) is 8.99. The third-order valence-electron chi connectivity index (χ3n) is 4.66. The number of nitrogens with zero attached hydrogens (tertiary/aromatic N) is 1. The summed E-state index contributed by atoms with van der Waals surface area (Å²) < 4.78 is 32.4. The van der Waals surface area contributed by atoms with Gasteiger partial charge in [0.2, 0.25) is 15.9 Å². The van der Waals surface area contributed by atoms with Crippen LogP contribution in [0.15, 0.2) is 23.1 Å². The van der Waals surface area contributed by atoms with Crippen molar-refractivity contribution < 1.29 is 17.9 Å². The largest absolute Gasteiger partial charge is 0.384 e. The number of benzene rings is 1. The number of ether oxygens (including phenoxy) is 1. The fraction of sp³-hybridized carbons (Fsp3) is 0.588. The quantitative estimate of drug-likeness (QED) is 0.669. The lowest BCUT2D eigenvalue weighted by Gasteiger charge is -2.26. The number of morpholine rings is 1. The Labute approximate surface area is 154 Å². The maximum atomic E-state index is 12.9. The zero-order chi connectivity index (χ0) is 18.6. The Hall–Kier alpha value is -1.68. The molecule has 1 amide bonds. The van der Waals surface area contributed by atoms with Crippen LogP contribution in [0.3, 0.4) is 0 Å². The van der Waals surface area contributed by atoms with Gasteiger partial charge in [-0.05, 0) is 38.1 Å². The minimum absolute atomic E-state index is 0.0879. The van der Waals surface area contributed by atoms with E-state index in [4.69, 9.17) is 4.74 Å². The molecule has 3 rings (SSSR count). The van der Waals surface area contributed by atoms with Crippen molar-refractivity contribution >= 4 is 27.3 Å². The molecule has 2 saturated heterocycles. The van der Waals surface area contributed by atoms with Gasteiger partial charge in [0, 0.05) is 26.2 Å². The number of carbonyl (C=O) groups is 1. The molecule has 2 fully saturated rings. The van der Waals surface area contributed by atoms with Crippen LogP contribution in [0, 0.1) is 5.92 Å². The predicted octanol–water partition coefficient (Wildman–Crippen LogP) is 0.687. The smallest absolute Gasteiger partial charge is 0.243 e. The number of nitrogens with one attached hydrogen (secondary N) is 3. The summed E-state index contributed by atoms with van der Waals surface area (Å²) in [6, 6.07) is 4.83. The molecule has 2 heterocycles. The maximum Gasteiger partial charge on any atom is 0.243 e. The molecular formula is C17H26N4O4S. The summed E-state index contributed by atoms with van der Waals surface area (Å²) in [5.74, 6) is -0.181. The van der Waals surface area contributed by atoms with E-state index in [0.29, 0.717) is 50.8 Å². The zero-order valence-electron chi connectivity index (χ0n) is 15.0.